The summed E-state index contributed by atoms with van der Waals surface area (Å²) in [5.74, 6) is 1.21. The van der Waals surface area contributed by atoms with Crippen molar-refractivity contribution in [1.82, 2.24) is 14.8 Å². The Bertz CT molecular complexity index is 993. The largest absolute Gasteiger partial charge is 0.354 e. The summed E-state index contributed by atoms with van der Waals surface area (Å²) in [6.07, 6.45) is 2.75. The molecule has 0 bridgehead atoms. The van der Waals surface area contributed by atoms with E-state index in [4.69, 9.17) is 0 Å². The minimum Gasteiger partial charge on any atom is -0.354 e. The topological polar surface area (TPSA) is 39.7 Å². The lowest BCUT2D eigenvalue weighted by Crippen LogP contribution is -2.64. The van der Waals surface area contributed by atoms with Crippen LogP contribution in [0.5, 0.6) is 0 Å². The third-order valence-electron chi connectivity index (χ3n) is 6.41. The summed E-state index contributed by atoms with van der Waals surface area (Å²) in [6.45, 7) is 5.69. The molecule has 0 radical (unpaired) electrons. The number of hydrogen-bond acceptors (Lipinski definition) is 4. The first-order chi connectivity index (χ1) is 15.3. The van der Waals surface area contributed by atoms with Gasteiger partial charge in [-0.25, -0.2) is 4.98 Å². The number of aromatic nitrogens is 1. The maximum absolute atomic E-state index is 12.9. The Hall–Kier alpha value is -3.18. The van der Waals surface area contributed by atoms with Gasteiger partial charge in [0.1, 0.15) is 5.82 Å². The van der Waals surface area contributed by atoms with E-state index in [9.17, 15) is 4.79 Å². The van der Waals surface area contributed by atoms with E-state index in [1.807, 2.05) is 41.4 Å². The highest BCUT2D eigenvalue weighted by Crippen LogP contribution is 2.21. The molecule has 1 amide bonds. The molecular weight excluding hydrogens is 384 g/mol. The average Bonchev–Trinajstić information content (AvgIpc) is 2.80. The van der Waals surface area contributed by atoms with Gasteiger partial charge in [0.15, 0.2) is 0 Å². The number of likely N-dealkylation sites (tertiary alicyclic amines) is 1. The zero-order chi connectivity index (χ0) is 21.0. The molecular formula is C26H28N4O. The second-order valence-corrected chi connectivity index (χ2v) is 8.43. The van der Waals surface area contributed by atoms with E-state index >= 15 is 0 Å². The van der Waals surface area contributed by atoms with E-state index in [1.54, 1.807) is 0 Å². The van der Waals surface area contributed by atoms with Crippen molar-refractivity contribution in [2.24, 2.45) is 0 Å². The Morgan fingerprint density at radius 2 is 1.48 bits per heavy atom. The summed E-state index contributed by atoms with van der Waals surface area (Å²) in [5.41, 5.74) is 3.31. The Kier molecular flexibility index (Phi) is 5.67. The molecule has 0 saturated carbocycles. The van der Waals surface area contributed by atoms with Gasteiger partial charge in [0, 0.05) is 57.1 Å². The van der Waals surface area contributed by atoms with E-state index in [1.165, 1.54) is 11.1 Å². The molecule has 0 spiro atoms. The van der Waals surface area contributed by atoms with Crippen molar-refractivity contribution in [1.29, 1.82) is 0 Å². The fourth-order valence-corrected chi connectivity index (χ4v) is 4.49. The van der Waals surface area contributed by atoms with E-state index in [0.29, 0.717) is 6.04 Å². The minimum absolute atomic E-state index is 0.148. The lowest BCUT2D eigenvalue weighted by Gasteiger charge is -2.48. The summed E-state index contributed by atoms with van der Waals surface area (Å²) >= 11 is 0. The molecule has 5 nitrogen and oxygen atoms in total. The van der Waals surface area contributed by atoms with Crippen LogP contribution in [0.25, 0.3) is 0 Å². The lowest BCUT2D eigenvalue weighted by atomic mass is 10.0. The number of rotatable bonds is 5. The van der Waals surface area contributed by atoms with Gasteiger partial charge in [-0.05, 0) is 41.8 Å². The standard InChI is InChI=1S/C26H28N4O/c31-26(23-11-9-22(10-12-23)18-21-6-2-1-3-7-21)30-19-24(20-30)28-14-16-29(17-15-28)25-8-4-5-13-27-25/h1-13,24H,14-20H2. The summed E-state index contributed by atoms with van der Waals surface area (Å²) in [5, 5.41) is 0. The number of carbonyl (C=O) groups is 1. The smallest absolute Gasteiger partial charge is 0.253 e. The Labute approximate surface area is 183 Å². The monoisotopic (exact) mass is 412 g/mol. The number of nitrogens with zero attached hydrogens (tertiary/aromatic N) is 4. The molecule has 3 heterocycles. The number of amides is 1. The maximum Gasteiger partial charge on any atom is 0.253 e. The van der Waals surface area contributed by atoms with Crippen LogP contribution < -0.4 is 4.90 Å². The average molecular weight is 413 g/mol. The van der Waals surface area contributed by atoms with Crippen LogP contribution in [0.1, 0.15) is 21.5 Å². The molecule has 2 aromatic carbocycles. The van der Waals surface area contributed by atoms with Gasteiger partial charge in [-0.3, -0.25) is 9.69 Å². The van der Waals surface area contributed by atoms with Crippen LogP contribution in [0.2, 0.25) is 0 Å². The van der Waals surface area contributed by atoms with Crippen LogP contribution in [-0.2, 0) is 6.42 Å². The van der Waals surface area contributed by atoms with Crippen LogP contribution in [0.15, 0.2) is 79.0 Å². The van der Waals surface area contributed by atoms with E-state index in [0.717, 1.165) is 57.1 Å². The van der Waals surface area contributed by atoms with Gasteiger partial charge >= 0.3 is 0 Å². The molecule has 0 aliphatic carbocycles. The molecule has 5 heteroatoms. The third kappa shape index (κ3) is 4.47. The summed E-state index contributed by atoms with van der Waals surface area (Å²) in [7, 11) is 0. The van der Waals surface area contributed by atoms with Crippen molar-refractivity contribution in [3.63, 3.8) is 0 Å². The Morgan fingerprint density at radius 3 is 2.16 bits per heavy atom. The van der Waals surface area contributed by atoms with Gasteiger partial charge in [-0.1, -0.05) is 48.5 Å². The van der Waals surface area contributed by atoms with Gasteiger partial charge < -0.3 is 9.80 Å². The molecule has 2 fully saturated rings. The molecule has 5 rings (SSSR count). The summed E-state index contributed by atoms with van der Waals surface area (Å²) in [4.78, 5) is 24.1. The number of anilines is 1. The van der Waals surface area contributed by atoms with Crippen molar-refractivity contribution < 1.29 is 4.79 Å². The van der Waals surface area contributed by atoms with E-state index in [2.05, 4.69) is 57.2 Å². The molecule has 2 aliphatic rings. The van der Waals surface area contributed by atoms with E-state index < -0.39 is 0 Å². The van der Waals surface area contributed by atoms with Crippen LogP contribution in [-0.4, -0.2) is 66.0 Å². The van der Waals surface area contributed by atoms with Crippen LogP contribution in [0.4, 0.5) is 5.82 Å². The van der Waals surface area contributed by atoms with Crippen LogP contribution in [0, 0.1) is 0 Å². The van der Waals surface area contributed by atoms with Crippen LogP contribution in [0.3, 0.4) is 0 Å². The van der Waals surface area contributed by atoms with E-state index in [-0.39, 0.29) is 5.91 Å². The highest BCUT2D eigenvalue weighted by Gasteiger charge is 2.36. The number of carbonyl (C=O) groups excluding carboxylic acids is 1. The molecule has 0 unspecified atom stereocenters. The van der Waals surface area contributed by atoms with Crippen molar-refractivity contribution in [2.45, 2.75) is 12.5 Å². The molecule has 3 aromatic rings. The van der Waals surface area contributed by atoms with Crippen molar-refractivity contribution >= 4 is 11.7 Å². The highest BCUT2D eigenvalue weighted by atomic mass is 16.2. The summed E-state index contributed by atoms with van der Waals surface area (Å²) in [6, 6.07) is 25.1. The van der Waals surface area contributed by atoms with Crippen molar-refractivity contribution in [3.05, 3.63) is 95.7 Å². The normalized spacial score (nSPS) is 17.4. The van der Waals surface area contributed by atoms with Gasteiger partial charge in [0.2, 0.25) is 0 Å². The zero-order valence-corrected chi connectivity index (χ0v) is 17.7. The molecule has 1 aromatic heterocycles. The second-order valence-electron chi connectivity index (χ2n) is 8.43. The highest BCUT2D eigenvalue weighted by molar-refractivity contribution is 5.94. The fraction of sp³-hybridized carbons (Fsp3) is 0.308. The summed E-state index contributed by atoms with van der Waals surface area (Å²) < 4.78 is 0. The van der Waals surface area contributed by atoms with Gasteiger partial charge in [-0.2, -0.15) is 0 Å². The minimum atomic E-state index is 0.148. The Balaban J connectivity index is 1.10. The first-order valence-electron chi connectivity index (χ1n) is 11.1. The molecule has 31 heavy (non-hydrogen) atoms. The first kappa shape index (κ1) is 19.8. The SMILES string of the molecule is O=C(c1ccc(Cc2ccccc2)cc1)N1CC(N2CCN(c3ccccn3)CC2)C1. The van der Waals surface area contributed by atoms with Gasteiger partial charge in [-0.15, -0.1) is 0 Å². The van der Waals surface area contributed by atoms with Crippen molar-refractivity contribution in [2.75, 3.05) is 44.2 Å². The first-order valence-corrected chi connectivity index (χ1v) is 11.1. The number of hydrogen-bond donors (Lipinski definition) is 0. The lowest BCUT2D eigenvalue weighted by molar-refractivity contribution is 0.0246. The number of piperazine rings is 1. The molecule has 2 saturated heterocycles. The van der Waals surface area contributed by atoms with Gasteiger partial charge in [0.25, 0.3) is 5.91 Å². The third-order valence-corrected chi connectivity index (χ3v) is 6.41. The predicted molar refractivity (Wildman–Crippen MR) is 123 cm³/mol. The second kappa shape index (κ2) is 8.90. The quantitative estimate of drug-likeness (QED) is 0.645. The fourth-order valence-electron chi connectivity index (χ4n) is 4.49. The number of benzene rings is 2. The molecule has 2 aliphatic heterocycles. The van der Waals surface area contributed by atoms with Gasteiger partial charge in [0.05, 0.1) is 0 Å². The maximum atomic E-state index is 12.9. The van der Waals surface area contributed by atoms with Crippen LogP contribution >= 0.6 is 0 Å². The zero-order valence-electron chi connectivity index (χ0n) is 17.7. The molecule has 158 valence electrons. The molecule has 0 atom stereocenters. The van der Waals surface area contributed by atoms with Crippen molar-refractivity contribution in [3.8, 4) is 0 Å². The number of pyridine rings is 1. The predicted octanol–water partition coefficient (Wildman–Crippen LogP) is 3.32. The molecule has 0 N–H and O–H groups in total. The Morgan fingerprint density at radius 1 is 0.806 bits per heavy atom.